The van der Waals surface area contributed by atoms with Crippen molar-refractivity contribution in [1.82, 2.24) is 4.72 Å². The molecule has 7 nitrogen and oxygen atoms in total. The molecular formula is C14H23N3O4S. The van der Waals surface area contributed by atoms with Crippen molar-refractivity contribution in [1.29, 1.82) is 0 Å². The normalized spacial score (nSPS) is 11.6. The van der Waals surface area contributed by atoms with Crippen molar-refractivity contribution in [2.45, 2.75) is 51.0 Å². The molecule has 0 radical (unpaired) electrons. The van der Waals surface area contributed by atoms with Gasteiger partial charge in [-0.25, -0.2) is 13.1 Å². The van der Waals surface area contributed by atoms with Crippen LogP contribution in [0.3, 0.4) is 0 Å². The van der Waals surface area contributed by atoms with Crippen LogP contribution in [0.4, 0.5) is 11.4 Å². The summed E-state index contributed by atoms with van der Waals surface area (Å²) in [4.78, 5) is 10.5. The van der Waals surface area contributed by atoms with Gasteiger partial charge in [-0.1, -0.05) is 19.8 Å². The first-order valence-corrected chi connectivity index (χ1v) is 8.81. The summed E-state index contributed by atoms with van der Waals surface area (Å²) in [6.45, 7) is 6.07. The molecule has 0 aromatic heterocycles. The van der Waals surface area contributed by atoms with Gasteiger partial charge in [-0.05, 0) is 32.4 Å². The Labute approximate surface area is 131 Å². The van der Waals surface area contributed by atoms with Crippen molar-refractivity contribution < 1.29 is 13.3 Å². The number of nitro groups is 1. The molecule has 0 bridgehead atoms. The maximum Gasteiger partial charge on any atom is 0.293 e. The molecule has 22 heavy (non-hydrogen) atoms. The Hall–Kier alpha value is -1.67. The first-order valence-electron chi connectivity index (χ1n) is 7.32. The molecule has 8 heteroatoms. The highest BCUT2D eigenvalue weighted by Gasteiger charge is 2.21. The molecule has 0 fully saturated rings. The second-order valence-corrected chi connectivity index (χ2v) is 7.06. The third kappa shape index (κ3) is 5.27. The zero-order valence-corrected chi connectivity index (χ0v) is 13.9. The third-order valence-corrected chi connectivity index (χ3v) is 4.62. The second kappa shape index (κ2) is 8.09. The molecule has 2 N–H and O–H groups in total. The predicted molar refractivity (Wildman–Crippen MR) is 86.6 cm³/mol. The number of nitrogens with one attached hydrogen (secondary N) is 2. The first-order chi connectivity index (χ1) is 10.3. The standard InChI is InChI=1S/C14H23N3O4S/c1-4-5-6-9-15-13-8-7-12(10-14(13)17(18)19)22(20,21)16-11(2)3/h7-8,10-11,15-16H,4-6,9H2,1-3H3. The van der Waals surface area contributed by atoms with E-state index in [4.69, 9.17) is 0 Å². The third-order valence-electron chi connectivity index (χ3n) is 2.96. The summed E-state index contributed by atoms with van der Waals surface area (Å²) in [5, 5.41) is 14.2. The maximum atomic E-state index is 12.1. The summed E-state index contributed by atoms with van der Waals surface area (Å²) in [6, 6.07) is 3.63. The van der Waals surface area contributed by atoms with Gasteiger partial charge in [-0.15, -0.1) is 0 Å². The molecule has 0 aliphatic carbocycles. The molecule has 0 aliphatic rings. The zero-order chi connectivity index (χ0) is 16.8. The monoisotopic (exact) mass is 329 g/mol. The smallest absolute Gasteiger partial charge is 0.293 e. The van der Waals surface area contributed by atoms with Crippen LogP contribution in [0, 0.1) is 10.1 Å². The Morgan fingerprint density at radius 3 is 2.50 bits per heavy atom. The van der Waals surface area contributed by atoms with E-state index in [2.05, 4.69) is 17.0 Å². The largest absolute Gasteiger partial charge is 0.379 e. The van der Waals surface area contributed by atoms with Crippen molar-refractivity contribution in [2.75, 3.05) is 11.9 Å². The van der Waals surface area contributed by atoms with Crippen molar-refractivity contribution in [3.05, 3.63) is 28.3 Å². The van der Waals surface area contributed by atoms with Crippen LogP contribution in [0.15, 0.2) is 23.1 Å². The predicted octanol–water partition coefficient (Wildman–Crippen LogP) is 2.88. The lowest BCUT2D eigenvalue weighted by Crippen LogP contribution is -2.30. The van der Waals surface area contributed by atoms with Crippen LogP contribution in [0.2, 0.25) is 0 Å². The maximum absolute atomic E-state index is 12.1. The van der Waals surface area contributed by atoms with Crippen molar-refractivity contribution in [3.8, 4) is 0 Å². The highest BCUT2D eigenvalue weighted by Crippen LogP contribution is 2.27. The van der Waals surface area contributed by atoms with Gasteiger partial charge >= 0.3 is 0 Å². The van der Waals surface area contributed by atoms with Gasteiger partial charge in [0.2, 0.25) is 10.0 Å². The number of anilines is 1. The lowest BCUT2D eigenvalue weighted by molar-refractivity contribution is -0.384. The lowest BCUT2D eigenvalue weighted by Gasteiger charge is -2.11. The van der Waals surface area contributed by atoms with E-state index in [1.54, 1.807) is 13.8 Å². The first kappa shape index (κ1) is 18.4. The van der Waals surface area contributed by atoms with Crippen LogP contribution in [-0.2, 0) is 10.0 Å². The number of unbranched alkanes of at least 4 members (excludes halogenated alkanes) is 2. The summed E-state index contributed by atoms with van der Waals surface area (Å²) < 4.78 is 26.6. The molecule has 1 aromatic carbocycles. The highest BCUT2D eigenvalue weighted by atomic mass is 32.2. The molecule has 0 saturated heterocycles. The molecule has 0 heterocycles. The number of nitrogens with zero attached hydrogens (tertiary/aromatic N) is 1. The average molecular weight is 329 g/mol. The zero-order valence-electron chi connectivity index (χ0n) is 13.1. The van der Waals surface area contributed by atoms with Gasteiger partial charge in [0.05, 0.1) is 9.82 Å². The van der Waals surface area contributed by atoms with Gasteiger partial charge in [-0.3, -0.25) is 10.1 Å². The lowest BCUT2D eigenvalue weighted by atomic mass is 10.2. The van der Waals surface area contributed by atoms with E-state index in [0.29, 0.717) is 12.2 Å². The van der Waals surface area contributed by atoms with E-state index in [1.165, 1.54) is 12.1 Å². The van der Waals surface area contributed by atoms with Crippen LogP contribution in [0.25, 0.3) is 0 Å². The second-order valence-electron chi connectivity index (χ2n) is 5.35. The molecule has 0 aliphatic heterocycles. The molecular weight excluding hydrogens is 306 g/mol. The van der Waals surface area contributed by atoms with E-state index in [0.717, 1.165) is 25.3 Å². The van der Waals surface area contributed by atoms with Crippen molar-refractivity contribution in [2.24, 2.45) is 0 Å². The van der Waals surface area contributed by atoms with Crippen molar-refractivity contribution in [3.63, 3.8) is 0 Å². The van der Waals surface area contributed by atoms with Crippen LogP contribution in [-0.4, -0.2) is 25.9 Å². The van der Waals surface area contributed by atoms with Crippen LogP contribution < -0.4 is 10.0 Å². The Kier molecular flexibility index (Phi) is 6.76. The van der Waals surface area contributed by atoms with Gasteiger partial charge in [0.15, 0.2) is 0 Å². The summed E-state index contributed by atoms with van der Waals surface area (Å²) >= 11 is 0. The van der Waals surface area contributed by atoms with E-state index in [1.807, 2.05) is 0 Å². The number of rotatable bonds is 9. The van der Waals surface area contributed by atoms with Crippen LogP contribution in [0.5, 0.6) is 0 Å². The van der Waals surface area contributed by atoms with Crippen LogP contribution in [0.1, 0.15) is 40.0 Å². The number of sulfonamides is 1. The van der Waals surface area contributed by atoms with Crippen molar-refractivity contribution >= 4 is 21.4 Å². The number of hydrogen-bond donors (Lipinski definition) is 2. The van der Waals surface area contributed by atoms with Crippen LogP contribution >= 0.6 is 0 Å². The minimum Gasteiger partial charge on any atom is -0.379 e. The Bertz CT molecular complexity index is 615. The highest BCUT2D eigenvalue weighted by molar-refractivity contribution is 7.89. The molecule has 1 aromatic rings. The van der Waals surface area contributed by atoms with Gasteiger partial charge in [0, 0.05) is 18.7 Å². The van der Waals surface area contributed by atoms with E-state index in [9.17, 15) is 18.5 Å². The molecule has 0 saturated carbocycles. The number of nitro benzene ring substituents is 1. The molecule has 0 spiro atoms. The number of hydrogen-bond acceptors (Lipinski definition) is 5. The topological polar surface area (TPSA) is 101 Å². The molecule has 1 rings (SSSR count). The molecule has 124 valence electrons. The average Bonchev–Trinajstić information content (AvgIpc) is 2.42. The molecule has 0 amide bonds. The summed E-state index contributed by atoms with van der Waals surface area (Å²) in [5.41, 5.74) is 0.104. The summed E-state index contributed by atoms with van der Waals surface area (Å²) in [5.74, 6) is 0. The minimum absolute atomic E-state index is 0.105. The van der Waals surface area contributed by atoms with E-state index in [-0.39, 0.29) is 16.6 Å². The Morgan fingerprint density at radius 2 is 1.95 bits per heavy atom. The fourth-order valence-electron chi connectivity index (χ4n) is 1.96. The molecule has 0 atom stereocenters. The Balaban J connectivity index is 3.02. The fraction of sp³-hybridized carbons (Fsp3) is 0.571. The Morgan fingerprint density at radius 1 is 1.27 bits per heavy atom. The minimum atomic E-state index is -3.74. The van der Waals surface area contributed by atoms with Gasteiger partial charge < -0.3 is 5.32 Å². The summed E-state index contributed by atoms with van der Waals surface area (Å²) in [7, 11) is -3.74. The summed E-state index contributed by atoms with van der Waals surface area (Å²) in [6.07, 6.45) is 3.00. The van der Waals surface area contributed by atoms with E-state index < -0.39 is 14.9 Å². The van der Waals surface area contributed by atoms with E-state index >= 15 is 0 Å². The quantitative estimate of drug-likeness (QED) is 0.412. The number of benzene rings is 1. The van der Waals surface area contributed by atoms with Gasteiger partial charge in [0.1, 0.15) is 5.69 Å². The fourth-order valence-corrected chi connectivity index (χ4v) is 3.23. The van der Waals surface area contributed by atoms with Gasteiger partial charge in [0.25, 0.3) is 5.69 Å². The SMILES string of the molecule is CCCCCNc1ccc(S(=O)(=O)NC(C)C)cc1[N+](=O)[O-]. The van der Waals surface area contributed by atoms with Gasteiger partial charge in [-0.2, -0.15) is 0 Å². The molecule has 0 unspecified atom stereocenters.